The highest BCUT2D eigenvalue weighted by molar-refractivity contribution is 5.72. The number of hydrogen-bond acceptors (Lipinski definition) is 2. The van der Waals surface area contributed by atoms with Crippen LogP contribution in [-0.2, 0) is 4.79 Å². The van der Waals surface area contributed by atoms with Gasteiger partial charge >= 0.3 is 5.97 Å². The molecule has 0 aliphatic rings. The number of rotatable bonds is 3. The van der Waals surface area contributed by atoms with Gasteiger partial charge in [-0.1, -0.05) is 0 Å². The first-order valence-corrected chi connectivity index (χ1v) is 4.06. The standard InChI is InChI=1S/C9H13NO3/c1-6-3-4-7(2)10(6)8(5-11)9(12)13/h3-4,8,11H,5H2,1-2H3,(H,12,13). The van der Waals surface area contributed by atoms with Crippen LogP contribution in [0.25, 0.3) is 0 Å². The van der Waals surface area contributed by atoms with Gasteiger partial charge in [0.15, 0.2) is 6.04 Å². The van der Waals surface area contributed by atoms with Gasteiger partial charge in [0, 0.05) is 11.4 Å². The molecule has 0 aliphatic heterocycles. The minimum Gasteiger partial charge on any atom is -0.480 e. The Kier molecular flexibility index (Phi) is 2.72. The van der Waals surface area contributed by atoms with Gasteiger partial charge < -0.3 is 14.8 Å². The largest absolute Gasteiger partial charge is 0.480 e. The van der Waals surface area contributed by atoms with Crippen molar-refractivity contribution in [3.63, 3.8) is 0 Å². The molecule has 1 rings (SSSR count). The van der Waals surface area contributed by atoms with Crippen molar-refractivity contribution in [2.24, 2.45) is 0 Å². The van der Waals surface area contributed by atoms with Gasteiger partial charge in [-0.3, -0.25) is 0 Å². The lowest BCUT2D eigenvalue weighted by Crippen LogP contribution is -2.24. The van der Waals surface area contributed by atoms with Crippen molar-refractivity contribution in [1.29, 1.82) is 0 Å². The van der Waals surface area contributed by atoms with Crippen molar-refractivity contribution in [2.45, 2.75) is 19.9 Å². The predicted octanol–water partition coefficient (Wildman–Crippen LogP) is 0.723. The number of aliphatic hydroxyl groups is 1. The molecule has 0 saturated carbocycles. The van der Waals surface area contributed by atoms with Gasteiger partial charge in [-0.2, -0.15) is 0 Å². The lowest BCUT2D eigenvalue weighted by atomic mass is 10.3. The van der Waals surface area contributed by atoms with E-state index in [0.29, 0.717) is 0 Å². The van der Waals surface area contributed by atoms with Crippen LogP contribution in [-0.4, -0.2) is 27.4 Å². The molecule has 0 aliphatic carbocycles. The first-order valence-electron chi connectivity index (χ1n) is 4.06. The third-order valence-electron chi connectivity index (χ3n) is 2.10. The number of carboxylic acid groups (broad SMARTS) is 1. The number of aliphatic carboxylic acids is 1. The molecular weight excluding hydrogens is 170 g/mol. The summed E-state index contributed by atoms with van der Waals surface area (Å²) in [6.45, 7) is 3.25. The van der Waals surface area contributed by atoms with Crippen molar-refractivity contribution in [2.75, 3.05) is 6.61 Å². The third-order valence-corrected chi connectivity index (χ3v) is 2.10. The fraction of sp³-hybridized carbons (Fsp3) is 0.444. The lowest BCUT2D eigenvalue weighted by Gasteiger charge is -2.15. The highest BCUT2D eigenvalue weighted by Crippen LogP contribution is 2.15. The monoisotopic (exact) mass is 183 g/mol. The zero-order valence-corrected chi connectivity index (χ0v) is 7.69. The van der Waals surface area contributed by atoms with Gasteiger partial charge in [0.1, 0.15) is 0 Å². The molecule has 0 saturated heterocycles. The van der Waals surface area contributed by atoms with Crippen LogP contribution in [0.2, 0.25) is 0 Å². The van der Waals surface area contributed by atoms with E-state index in [1.807, 2.05) is 26.0 Å². The molecule has 0 fully saturated rings. The Bertz CT molecular complexity index is 297. The van der Waals surface area contributed by atoms with E-state index in [2.05, 4.69) is 0 Å². The van der Waals surface area contributed by atoms with Gasteiger partial charge in [-0.15, -0.1) is 0 Å². The summed E-state index contributed by atoms with van der Waals surface area (Å²) < 4.78 is 1.61. The molecule has 4 heteroatoms. The Hall–Kier alpha value is -1.29. The Morgan fingerprint density at radius 1 is 1.46 bits per heavy atom. The molecule has 13 heavy (non-hydrogen) atoms. The lowest BCUT2D eigenvalue weighted by molar-refractivity contribution is -0.142. The van der Waals surface area contributed by atoms with Gasteiger partial charge in [0.25, 0.3) is 0 Å². The van der Waals surface area contributed by atoms with E-state index in [9.17, 15) is 4.79 Å². The summed E-state index contributed by atoms with van der Waals surface area (Å²) in [4.78, 5) is 10.8. The van der Waals surface area contributed by atoms with E-state index < -0.39 is 12.0 Å². The van der Waals surface area contributed by atoms with E-state index in [1.165, 1.54) is 0 Å². The van der Waals surface area contributed by atoms with Gasteiger partial charge in [0.2, 0.25) is 0 Å². The Morgan fingerprint density at radius 2 is 1.92 bits per heavy atom. The maximum Gasteiger partial charge on any atom is 0.329 e. The van der Waals surface area contributed by atoms with Crippen LogP contribution < -0.4 is 0 Å². The Morgan fingerprint density at radius 3 is 2.23 bits per heavy atom. The number of aromatic nitrogens is 1. The van der Waals surface area contributed by atoms with Crippen molar-refractivity contribution >= 4 is 5.97 Å². The minimum atomic E-state index is -1.01. The fourth-order valence-electron chi connectivity index (χ4n) is 1.44. The molecule has 0 bridgehead atoms. The van der Waals surface area contributed by atoms with E-state index in [4.69, 9.17) is 10.2 Å². The highest BCUT2D eigenvalue weighted by Gasteiger charge is 2.20. The van der Waals surface area contributed by atoms with Gasteiger partial charge in [-0.05, 0) is 26.0 Å². The maximum atomic E-state index is 10.8. The summed E-state index contributed by atoms with van der Waals surface area (Å²) in [6.07, 6.45) is 0. The summed E-state index contributed by atoms with van der Waals surface area (Å²) in [7, 11) is 0. The molecule has 0 aromatic carbocycles. The SMILES string of the molecule is Cc1ccc(C)n1C(CO)C(=O)O. The van der Waals surface area contributed by atoms with Crippen LogP contribution in [0.4, 0.5) is 0 Å². The van der Waals surface area contributed by atoms with E-state index in [-0.39, 0.29) is 6.61 Å². The molecule has 1 atom stereocenters. The van der Waals surface area contributed by atoms with Crippen LogP contribution in [0.3, 0.4) is 0 Å². The number of carboxylic acids is 1. The van der Waals surface area contributed by atoms with Crippen molar-refractivity contribution in [3.8, 4) is 0 Å². The Balaban J connectivity index is 3.10. The maximum absolute atomic E-state index is 10.8. The van der Waals surface area contributed by atoms with Crippen molar-refractivity contribution < 1.29 is 15.0 Å². The van der Waals surface area contributed by atoms with E-state index in [1.54, 1.807) is 4.57 Å². The molecule has 0 radical (unpaired) electrons. The summed E-state index contributed by atoms with van der Waals surface area (Å²) in [5.41, 5.74) is 1.69. The molecule has 1 aromatic heterocycles. The van der Waals surface area contributed by atoms with Crippen LogP contribution >= 0.6 is 0 Å². The smallest absolute Gasteiger partial charge is 0.329 e. The molecule has 2 N–H and O–H groups in total. The second-order valence-corrected chi connectivity index (χ2v) is 3.02. The molecule has 1 unspecified atom stereocenters. The van der Waals surface area contributed by atoms with E-state index >= 15 is 0 Å². The number of aliphatic hydroxyl groups excluding tert-OH is 1. The molecule has 72 valence electrons. The minimum absolute atomic E-state index is 0.383. The number of carbonyl (C=O) groups is 1. The van der Waals surface area contributed by atoms with Gasteiger partial charge in [0.05, 0.1) is 6.61 Å². The number of nitrogens with zero attached hydrogens (tertiary/aromatic N) is 1. The summed E-state index contributed by atoms with van der Waals surface area (Å²) in [5, 5.41) is 17.7. The predicted molar refractivity (Wildman–Crippen MR) is 47.7 cm³/mol. The number of hydrogen-bond donors (Lipinski definition) is 2. The molecular formula is C9H13NO3. The zero-order valence-electron chi connectivity index (χ0n) is 7.69. The van der Waals surface area contributed by atoms with Crippen LogP contribution in [0, 0.1) is 13.8 Å². The highest BCUT2D eigenvalue weighted by atomic mass is 16.4. The molecule has 1 heterocycles. The molecule has 0 spiro atoms. The molecule has 0 amide bonds. The number of aryl methyl sites for hydroxylation is 2. The second kappa shape index (κ2) is 3.62. The first kappa shape index (κ1) is 9.80. The topological polar surface area (TPSA) is 62.5 Å². The summed E-state index contributed by atoms with van der Waals surface area (Å²) in [6, 6.07) is 2.80. The van der Waals surface area contributed by atoms with Crippen LogP contribution in [0.15, 0.2) is 12.1 Å². The average molecular weight is 183 g/mol. The molecule has 4 nitrogen and oxygen atoms in total. The van der Waals surface area contributed by atoms with E-state index in [0.717, 1.165) is 11.4 Å². The van der Waals surface area contributed by atoms with Crippen molar-refractivity contribution in [3.05, 3.63) is 23.5 Å². The summed E-state index contributed by atoms with van der Waals surface area (Å²) in [5.74, 6) is -1.01. The Labute approximate surface area is 76.4 Å². The normalized spacial score (nSPS) is 12.8. The van der Waals surface area contributed by atoms with Crippen molar-refractivity contribution in [1.82, 2.24) is 4.57 Å². The van der Waals surface area contributed by atoms with Crippen LogP contribution in [0.5, 0.6) is 0 Å². The van der Waals surface area contributed by atoms with Gasteiger partial charge in [-0.25, -0.2) is 4.79 Å². The third kappa shape index (κ3) is 1.72. The zero-order chi connectivity index (χ0) is 10.0. The second-order valence-electron chi connectivity index (χ2n) is 3.02. The quantitative estimate of drug-likeness (QED) is 0.725. The fourth-order valence-corrected chi connectivity index (χ4v) is 1.44. The molecule has 1 aromatic rings. The summed E-state index contributed by atoms with van der Waals surface area (Å²) >= 11 is 0. The van der Waals surface area contributed by atoms with Crippen LogP contribution in [0.1, 0.15) is 17.4 Å². The first-order chi connectivity index (χ1) is 6.07. The average Bonchev–Trinajstić information content (AvgIpc) is 2.36.